The number of pyridine rings is 1. The summed E-state index contributed by atoms with van der Waals surface area (Å²) in [6.07, 6.45) is 0. The molecule has 8 nitrogen and oxygen atoms in total. The van der Waals surface area contributed by atoms with Gasteiger partial charge >= 0.3 is 11.8 Å². The van der Waals surface area contributed by atoms with Crippen LogP contribution in [0.15, 0.2) is 77.6 Å². The van der Waals surface area contributed by atoms with E-state index >= 15 is 0 Å². The Morgan fingerprint density at radius 3 is 2.17 bits per heavy atom. The maximum absolute atomic E-state index is 14.5. The van der Waals surface area contributed by atoms with E-state index in [1.807, 2.05) is 32.0 Å². The van der Waals surface area contributed by atoms with Crippen LogP contribution < -0.4 is 21.3 Å². The van der Waals surface area contributed by atoms with Crippen molar-refractivity contribution in [1.29, 1.82) is 5.26 Å². The Labute approximate surface area is 236 Å². The van der Waals surface area contributed by atoms with Gasteiger partial charge in [-0.15, -0.1) is 0 Å². The molecule has 1 aromatic heterocycles. The van der Waals surface area contributed by atoms with Crippen molar-refractivity contribution in [3.8, 4) is 28.8 Å². The van der Waals surface area contributed by atoms with Gasteiger partial charge in [-0.2, -0.15) is 14.0 Å². The molecule has 1 atom stereocenters. The van der Waals surface area contributed by atoms with Crippen LogP contribution in [-0.4, -0.2) is 16.4 Å². The average molecular weight is 575 g/mol. The Bertz CT molecular complexity index is 1740. The maximum Gasteiger partial charge on any atom is 0.313 e. The molecule has 4 aromatic rings. The van der Waals surface area contributed by atoms with E-state index in [1.165, 1.54) is 32.0 Å². The summed E-state index contributed by atoms with van der Waals surface area (Å²) in [5.74, 6) is -1.22. The van der Waals surface area contributed by atoms with E-state index in [-0.39, 0.29) is 12.2 Å². The number of anilines is 1. The number of nitrogens with two attached hydrogens (primary N) is 1. The second-order valence-corrected chi connectivity index (χ2v) is 10.1. The SMILES string of the molecule is Cc1ccc(Cn2c(-c3ccc(Oc4ccc(NC(=O)C(N)=O)cc4)cc3)cc(C(F)(F)P)c(C#N)c2=O)c(C)c1. The number of aromatic nitrogens is 1. The summed E-state index contributed by atoms with van der Waals surface area (Å²) in [6.45, 7) is 3.92. The predicted octanol–water partition coefficient (Wildman–Crippen LogP) is 5.19. The van der Waals surface area contributed by atoms with Crippen molar-refractivity contribution < 1.29 is 23.1 Å². The Morgan fingerprint density at radius 1 is 1.02 bits per heavy atom. The van der Waals surface area contributed by atoms with Crippen molar-refractivity contribution in [3.05, 3.63) is 111 Å². The number of halogens is 2. The number of carbonyl (C=O) groups excluding carboxylic acids is 2. The third-order valence-corrected chi connectivity index (χ3v) is 6.63. The molecule has 208 valence electrons. The number of hydrogen-bond donors (Lipinski definition) is 2. The Kier molecular flexibility index (Phi) is 8.31. The molecule has 0 aliphatic carbocycles. The van der Waals surface area contributed by atoms with Gasteiger partial charge in [0.05, 0.1) is 12.2 Å². The summed E-state index contributed by atoms with van der Waals surface area (Å²) in [5, 5.41) is 11.9. The number of nitriles is 1. The highest BCUT2D eigenvalue weighted by atomic mass is 31.0. The summed E-state index contributed by atoms with van der Waals surface area (Å²) in [5.41, 5.74) is 3.13. The standard InChI is InChI=1S/C30H25F2N4O4P/c1-17-3-4-20(18(2)13-17)16-36-26(14-25(30(31,32)41)24(15-33)29(36)39)19-5-9-22(10-6-19)40-23-11-7-21(8-12-23)35-28(38)27(34)37/h3-14H,16,41H2,1-2H3,(H2,34,37)(H,35,38). The molecular weight excluding hydrogens is 549 g/mol. The zero-order valence-corrected chi connectivity index (χ0v) is 23.2. The molecule has 3 N–H and O–H groups in total. The molecular formula is C30H25F2N4O4P. The fourth-order valence-corrected chi connectivity index (χ4v) is 4.46. The highest BCUT2D eigenvalue weighted by Gasteiger charge is 2.32. The second kappa shape index (κ2) is 11.7. The van der Waals surface area contributed by atoms with Gasteiger partial charge in [0, 0.05) is 11.3 Å². The number of rotatable bonds is 7. The van der Waals surface area contributed by atoms with Gasteiger partial charge in [0.1, 0.15) is 23.1 Å². The lowest BCUT2D eigenvalue weighted by molar-refractivity contribution is -0.134. The summed E-state index contributed by atoms with van der Waals surface area (Å²) in [6, 6.07) is 21.2. The largest absolute Gasteiger partial charge is 0.457 e. The number of primary amides is 1. The molecule has 11 heteroatoms. The number of nitrogens with one attached hydrogen (secondary N) is 1. The first-order chi connectivity index (χ1) is 19.4. The molecule has 4 rings (SSSR count). The maximum atomic E-state index is 14.5. The van der Waals surface area contributed by atoms with Crippen LogP contribution >= 0.6 is 9.24 Å². The lowest BCUT2D eigenvalue weighted by Crippen LogP contribution is -2.29. The fourth-order valence-electron chi connectivity index (χ4n) is 4.24. The van der Waals surface area contributed by atoms with Crippen molar-refractivity contribution in [2.45, 2.75) is 26.1 Å². The van der Waals surface area contributed by atoms with Gasteiger partial charge in [0.2, 0.25) is 0 Å². The van der Waals surface area contributed by atoms with Crippen LogP contribution in [0, 0.1) is 25.2 Å². The van der Waals surface area contributed by atoms with E-state index in [4.69, 9.17) is 10.5 Å². The van der Waals surface area contributed by atoms with Gasteiger partial charge in [0.25, 0.3) is 11.2 Å². The topological polar surface area (TPSA) is 127 Å². The predicted molar refractivity (Wildman–Crippen MR) is 154 cm³/mol. The zero-order chi connectivity index (χ0) is 29.9. The number of amides is 2. The van der Waals surface area contributed by atoms with E-state index in [9.17, 15) is 28.4 Å². The van der Waals surface area contributed by atoms with Crippen LogP contribution in [-0.2, 0) is 21.8 Å². The molecule has 0 spiro atoms. The fraction of sp³-hybridized carbons (Fsp3) is 0.133. The zero-order valence-electron chi connectivity index (χ0n) is 22.1. The molecule has 0 bridgehead atoms. The van der Waals surface area contributed by atoms with Gasteiger partial charge in [-0.1, -0.05) is 33.0 Å². The van der Waals surface area contributed by atoms with E-state index < -0.39 is 34.2 Å². The molecule has 1 unspecified atom stereocenters. The van der Waals surface area contributed by atoms with Gasteiger partial charge in [-0.3, -0.25) is 14.4 Å². The second-order valence-electron chi connectivity index (χ2n) is 9.34. The molecule has 0 fully saturated rings. The third kappa shape index (κ3) is 6.65. The molecule has 2 amide bonds. The smallest absolute Gasteiger partial charge is 0.313 e. The van der Waals surface area contributed by atoms with Gasteiger partial charge in [0.15, 0.2) is 0 Å². The summed E-state index contributed by atoms with van der Waals surface area (Å²) >= 11 is 0. The Morgan fingerprint density at radius 2 is 1.63 bits per heavy atom. The Balaban J connectivity index is 1.70. The van der Waals surface area contributed by atoms with Crippen LogP contribution in [0.4, 0.5) is 14.5 Å². The molecule has 41 heavy (non-hydrogen) atoms. The van der Waals surface area contributed by atoms with Gasteiger partial charge < -0.3 is 20.4 Å². The molecule has 0 saturated carbocycles. The molecule has 0 aliphatic heterocycles. The van der Waals surface area contributed by atoms with Crippen molar-refractivity contribution in [1.82, 2.24) is 4.57 Å². The number of alkyl halides is 2. The van der Waals surface area contributed by atoms with Crippen LogP contribution in [0.2, 0.25) is 0 Å². The number of carbonyl (C=O) groups is 2. The summed E-state index contributed by atoms with van der Waals surface area (Å²) in [7, 11) is 1.39. The van der Waals surface area contributed by atoms with Crippen LogP contribution in [0.25, 0.3) is 11.3 Å². The summed E-state index contributed by atoms with van der Waals surface area (Å²) < 4.78 is 36.1. The first-order valence-electron chi connectivity index (χ1n) is 12.3. The van der Waals surface area contributed by atoms with Crippen molar-refractivity contribution in [2.24, 2.45) is 5.73 Å². The number of hydrogen-bond acceptors (Lipinski definition) is 5. The average Bonchev–Trinajstić information content (AvgIpc) is 2.91. The lowest BCUT2D eigenvalue weighted by atomic mass is 10.0. The quantitative estimate of drug-likeness (QED) is 0.232. The first kappa shape index (κ1) is 29.1. The van der Waals surface area contributed by atoms with E-state index in [0.717, 1.165) is 16.7 Å². The molecule has 3 aromatic carbocycles. The highest BCUT2D eigenvalue weighted by molar-refractivity contribution is 7.17. The van der Waals surface area contributed by atoms with Crippen LogP contribution in [0.5, 0.6) is 11.5 Å². The minimum absolute atomic E-state index is 0.0779. The number of aryl methyl sites for hydroxylation is 2. The monoisotopic (exact) mass is 574 g/mol. The highest BCUT2D eigenvalue weighted by Crippen LogP contribution is 2.38. The number of ether oxygens (including phenoxy) is 1. The van der Waals surface area contributed by atoms with Crippen molar-refractivity contribution in [2.75, 3.05) is 5.32 Å². The van der Waals surface area contributed by atoms with E-state index in [0.29, 0.717) is 22.7 Å². The van der Waals surface area contributed by atoms with Crippen molar-refractivity contribution in [3.63, 3.8) is 0 Å². The van der Waals surface area contributed by atoms with E-state index in [1.54, 1.807) is 42.5 Å². The van der Waals surface area contributed by atoms with E-state index in [2.05, 4.69) is 5.32 Å². The van der Waals surface area contributed by atoms with Crippen LogP contribution in [0.3, 0.4) is 0 Å². The molecule has 1 heterocycles. The minimum Gasteiger partial charge on any atom is -0.457 e. The molecule has 0 saturated heterocycles. The number of nitrogens with zero attached hydrogens (tertiary/aromatic N) is 2. The molecule has 0 radical (unpaired) electrons. The van der Waals surface area contributed by atoms with Crippen LogP contribution in [0.1, 0.15) is 27.8 Å². The Hall–Kier alpha value is -4.87. The third-order valence-electron chi connectivity index (χ3n) is 6.32. The number of benzene rings is 3. The van der Waals surface area contributed by atoms with Gasteiger partial charge in [-0.05, 0) is 85.1 Å². The van der Waals surface area contributed by atoms with Gasteiger partial charge in [-0.25, -0.2) is 0 Å². The lowest BCUT2D eigenvalue weighted by Gasteiger charge is -2.20. The summed E-state index contributed by atoms with van der Waals surface area (Å²) in [4.78, 5) is 35.7. The first-order valence-corrected chi connectivity index (χ1v) is 12.9. The molecule has 0 aliphatic rings. The normalized spacial score (nSPS) is 11.0. The minimum atomic E-state index is -3.50. The van der Waals surface area contributed by atoms with Crippen molar-refractivity contribution >= 4 is 26.7 Å².